The van der Waals surface area contributed by atoms with Gasteiger partial charge in [-0.3, -0.25) is 19.3 Å². The number of nitrogens with one attached hydrogen (secondary N) is 1. The molecule has 6 rings (SSSR count). The molecular formula is C21H22N2O3. The van der Waals surface area contributed by atoms with Crippen molar-refractivity contribution in [2.75, 3.05) is 11.9 Å². The zero-order valence-electron chi connectivity index (χ0n) is 14.7. The molecule has 1 saturated heterocycles. The largest absolute Gasteiger partial charge is 0.324 e. The SMILES string of the molecule is CCc1ccccc1NC(=O)CN1C(=O)[C@@H]2[C@H]3C=C[C@@H]([C@@H]4C[C@@H]34)[C@H]2C1=O. The van der Waals surface area contributed by atoms with Gasteiger partial charge in [-0.25, -0.2) is 0 Å². The molecule has 4 aliphatic carbocycles. The first-order chi connectivity index (χ1) is 12.6. The first-order valence-electron chi connectivity index (χ1n) is 9.51. The molecule has 1 heterocycles. The fourth-order valence-corrected chi connectivity index (χ4v) is 5.46. The Labute approximate surface area is 152 Å². The number of anilines is 1. The summed E-state index contributed by atoms with van der Waals surface area (Å²) in [6.45, 7) is 1.84. The van der Waals surface area contributed by atoms with E-state index in [1.807, 2.05) is 31.2 Å². The third kappa shape index (κ3) is 2.12. The highest BCUT2D eigenvalue weighted by molar-refractivity contribution is 6.09. The van der Waals surface area contributed by atoms with Crippen molar-refractivity contribution >= 4 is 23.4 Å². The minimum Gasteiger partial charge on any atom is -0.324 e. The van der Waals surface area contributed by atoms with Crippen LogP contribution in [0.5, 0.6) is 0 Å². The molecule has 0 aromatic heterocycles. The molecule has 5 heteroatoms. The van der Waals surface area contributed by atoms with Crippen molar-refractivity contribution in [1.29, 1.82) is 0 Å². The Balaban J connectivity index is 1.33. The Morgan fingerprint density at radius 2 is 1.69 bits per heavy atom. The van der Waals surface area contributed by atoms with Crippen molar-refractivity contribution in [2.24, 2.45) is 35.5 Å². The van der Waals surface area contributed by atoms with E-state index in [9.17, 15) is 14.4 Å². The van der Waals surface area contributed by atoms with Crippen LogP contribution in [0.3, 0.4) is 0 Å². The second-order valence-electron chi connectivity index (χ2n) is 7.98. The summed E-state index contributed by atoms with van der Waals surface area (Å²) in [4.78, 5) is 39.5. The average molecular weight is 350 g/mol. The number of carbonyl (C=O) groups is 3. The summed E-state index contributed by atoms with van der Waals surface area (Å²) < 4.78 is 0. The summed E-state index contributed by atoms with van der Waals surface area (Å²) in [5.74, 6) is 0.458. The van der Waals surface area contributed by atoms with E-state index < -0.39 is 0 Å². The van der Waals surface area contributed by atoms with Crippen LogP contribution >= 0.6 is 0 Å². The Bertz CT molecular complexity index is 809. The smallest absolute Gasteiger partial charge is 0.244 e. The highest BCUT2D eigenvalue weighted by Gasteiger charge is 2.67. The van der Waals surface area contributed by atoms with Crippen molar-refractivity contribution in [3.05, 3.63) is 42.0 Å². The van der Waals surface area contributed by atoms with Gasteiger partial charge in [0.2, 0.25) is 17.7 Å². The van der Waals surface area contributed by atoms with Gasteiger partial charge in [0.15, 0.2) is 0 Å². The molecule has 0 unspecified atom stereocenters. The number of imide groups is 1. The Kier molecular flexibility index (Phi) is 3.36. The van der Waals surface area contributed by atoms with Gasteiger partial charge in [0.25, 0.3) is 0 Å². The van der Waals surface area contributed by atoms with Gasteiger partial charge < -0.3 is 5.32 Å². The maximum Gasteiger partial charge on any atom is 0.244 e. The van der Waals surface area contributed by atoms with Gasteiger partial charge in [-0.05, 0) is 48.1 Å². The predicted molar refractivity (Wildman–Crippen MR) is 95.9 cm³/mol. The molecule has 1 aromatic rings. The zero-order valence-corrected chi connectivity index (χ0v) is 14.7. The molecule has 2 saturated carbocycles. The molecule has 26 heavy (non-hydrogen) atoms. The number of aryl methyl sites for hydroxylation is 1. The van der Waals surface area contributed by atoms with Gasteiger partial charge in [0.05, 0.1) is 11.8 Å². The van der Waals surface area contributed by atoms with Crippen LogP contribution < -0.4 is 5.32 Å². The van der Waals surface area contributed by atoms with E-state index >= 15 is 0 Å². The normalized spacial score (nSPS) is 36.1. The molecule has 3 fully saturated rings. The highest BCUT2D eigenvalue weighted by atomic mass is 16.2. The molecular weight excluding hydrogens is 328 g/mol. The number of para-hydroxylation sites is 1. The second kappa shape index (κ2) is 5.53. The van der Waals surface area contributed by atoms with Gasteiger partial charge in [0, 0.05) is 5.69 Å². The molecule has 0 radical (unpaired) electrons. The molecule has 6 atom stereocenters. The average Bonchev–Trinajstić information content (AvgIpc) is 3.43. The molecule has 1 aromatic carbocycles. The third-order valence-electron chi connectivity index (χ3n) is 6.73. The van der Waals surface area contributed by atoms with Crippen LogP contribution in [0, 0.1) is 35.5 Å². The van der Waals surface area contributed by atoms with E-state index in [0.717, 1.165) is 24.1 Å². The lowest BCUT2D eigenvalue weighted by molar-refractivity contribution is -0.142. The number of hydrogen-bond acceptors (Lipinski definition) is 3. The quantitative estimate of drug-likeness (QED) is 0.669. The first-order valence-corrected chi connectivity index (χ1v) is 9.51. The number of benzene rings is 1. The number of likely N-dealkylation sites (tertiary alicyclic amines) is 1. The number of amides is 3. The van der Waals surface area contributed by atoms with E-state index in [2.05, 4.69) is 17.5 Å². The summed E-state index contributed by atoms with van der Waals surface area (Å²) in [7, 11) is 0. The number of nitrogens with zero attached hydrogens (tertiary/aromatic N) is 1. The van der Waals surface area contributed by atoms with Crippen LogP contribution in [-0.4, -0.2) is 29.2 Å². The predicted octanol–water partition coefficient (Wildman–Crippen LogP) is 2.24. The van der Waals surface area contributed by atoms with Gasteiger partial charge >= 0.3 is 0 Å². The molecule has 1 aliphatic heterocycles. The van der Waals surface area contributed by atoms with Gasteiger partial charge in [0.1, 0.15) is 6.54 Å². The van der Waals surface area contributed by atoms with Crippen LogP contribution in [0.4, 0.5) is 5.69 Å². The molecule has 1 N–H and O–H groups in total. The van der Waals surface area contributed by atoms with Crippen molar-refractivity contribution in [1.82, 2.24) is 4.90 Å². The fraction of sp³-hybridized carbons (Fsp3) is 0.476. The second-order valence-corrected chi connectivity index (χ2v) is 7.98. The number of rotatable bonds is 4. The standard InChI is InChI=1S/C21H22N2O3/c1-2-11-5-3-4-6-16(11)22-17(24)10-23-20(25)18-12-7-8-13(15-9-14(12)15)19(18)21(23)26/h3-8,12-15,18-19H,2,9-10H2,1H3,(H,22,24)/t12-,13-,14-,15-,18+,19+/m0/s1. The summed E-state index contributed by atoms with van der Waals surface area (Å²) in [6.07, 6.45) is 6.24. The summed E-state index contributed by atoms with van der Waals surface area (Å²) in [6, 6.07) is 7.61. The van der Waals surface area contributed by atoms with Gasteiger partial charge in [-0.2, -0.15) is 0 Å². The van der Waals surface area contributed by atoms with Crippen LogP contribution in [0.25, 0.3) is 0 Å². The number of carbonyl (C=O) groups excluding carboxylic acids is 3. The minimum absolute atomic E-state index is 0.149. The van der Waals surface area contributed by atoms with Crippen LogP contribution in [0.2, 0.25) is 0 Å². The van der Waals surface area contributed by atoms with Crippen molar-refractivity contribution < 1.29 is 14.4 Å². The van der Waals surface area contributed by atoms with Crippen molar-refractivity contribution in [3.63, 3.8) is 0 Å². The van der Waals surface area contributed by atoms with E-state index in [1.54, 1.807) is 0 Å². The first kappa shape index (κ1) is 15.8. The van der Waals surface area contributed by atoms with E-state index in [0.29, 0.717) is 11.8 Å². The van der Waals surface area contributed by atoms with Crippen LogP contribution in [0.1, 0.15) is 18.9 Å². The third-order valence-corrected chi connectivity index (χ3v) is 6.73. The Morgan fingerprint density at radius 1 is 1.08 bits per heavy atom. The van der Waals surface area contributed by atoms with Gasteiger partial charge in [-0.1, -0.05) is 37.3 Å². The molecule has 3 amide bonds. The van der Waals surface area contributed by atoms with Crippen molar-refractivity contribution in [3.8, 4) is 0 Å². The summed E-state index contributed by atoms with van der Waals surface area (Å²) in [5, 5.41) is 2.87. The van der Waals surface area contributed by atoms with E-state index in [1.165, 1.54) is 4.90 Å². The zero-order chi connectivity index (χ0) is 18.0. The summed E-state index contributed by atoms with van der Waals surface area (Å²) in [5.41, 5.74) is 1.79. The van der Waals surface area contributed by atoms with Crippen LogP contribution in [0.15, 0.2) is 36.4 Å². The molecule has 5 aliphatic rings. The lowest BCUT2D eigenvalue weighted by atomic mass is 9.63. The maximum atomic E-state index is 12.9. The topological polar surface area (TPSA) is 66.5 Å². The Hall–Kier alpha value is -2.43. The molecule has 134 valence electrons. The minimum atomic E-state index is -0.309. The Morgan fingerprint density at radius 3 is 2.31 bits per heavy atom. The maximum absolute atomic E-state index is 12.9. The fourth-order valence-electron chi connectivity index (χ4n) is 5.46. The monoisotopic (exact) mass is 350 g/mol. The van der Waals surface area contributed by atoms with Gasteiger partial charge in [-0.15, -0.1) is 0 Å². The van der Waals surface area contributed by atoms with Crippen LogP contribution in [-0.2, 0) is 20.8 Å². The lowest BCUT2D eigenvalue weighted by Crippen LogP contribution is -2.40. The van der Waals surface area contributed by atoms with E-state index in [-0.39, 0.29) is 47.9 Å². The molecule has 5 nitrogen and oxygen atoms in total. The number of allylic oxidation sites excluding steroid dienone is 2. The molecule has 0 spiro atoms. The summed E-state index contributed by atoms with van der Waals surface area (Å²) >= 11 is 0. The number of hydrogen-bond donors (Lipinski definition) is 1. The lowest BCUT2D eigenvalue weighted by Gasteiger charge is -2.37. The molecule has 2 bridgehead atoms. The highest BCUT2D eigenvalue weighted by Crippen LogP contribution is 2.65. The van der Waals surface area contributed by atoms with Crippen molar-refractivity contribution in [2.45, 2.75) is 19.8 Å². The van der Waals surface area contributed by atoms with E-state index in [4.69, 9.17) is 0 Å².